The van der Waals surface area contributed by atoms with Crippen molar-refractivity contribution in [3.8, 4) is 5.75 Å². The third-order valence-corrected chi connectivity index (χ3v) is 6.21. The van der Waals surface area contributed by atoms with Crippen molar-refractivity contribution in [1.82, 2.24) is 0 Å². The van der Waals surface area contributed by atoms with E-state index in [1.54, 1.807) is 0 Å². The van der Waals surface area contributed by atoms with Crippen molar-refractivity contribution in [3.05, 3.63) is 45.7 Å². The van der Waals surface area contributed by atoms with E-state index in [-0.39, 0.29) is 35.1 Å². The number of nitrogens with two attached hydrogens (primary N) is 2. The molecule has 0 saturated heterocycles. The number of carbonyl (C=O) groups is 4. The van der Waals surface area contributed by atoms with Crippen molar-refractivity contribution >= 4 is 29.1 Å². The summed E-state index contributed by atoms with van der Waals surface area (Å²) in [6.07, 6.45) is -0.400. The van der Waals surface area contributed by atoms with Crippen LogP contribution in [0.15, 0.2) is 29.0 Å². The fourth-order valence-corrected chi connectivity index (χ4v) is 4.85. The number of phenolic OH excluding ortho intramolecular Hbond substituents is 1. The molecule has 0 radical (unpaired) electrons. The van der Waals surface area contributed by atoms with Crippen LogP contribution in [0, 0.1) is 11.8 Å². The number of phenols is 1. The average Bonchev–Trinajstić information content (AvgIpc) is 2.64. The summed E-state index contributed by atoms with van der Waals surface area (Å²) < 4.78 is 0. The molecule has 0 heterocycles. The minimum atomic E-state index is -2.62. The van der Waals surface area contributed by atoms with Gasteiger partial charge in [-0.15, -0.1) is 0 Å². The summed E-state index contributed by atoms with van der Waals surface area (Å²) in [6, 6.07) is 2.44. The van der Waals surface area contributed by atoms with Crippen LogP contribution in [-0.2, 0) is 20.8 Å². The molecule has 0 aliphatic heterocycles. The minimum Gasteiger partial charge on any atom is -0.508 e. The highest BCUT2D eigenvalue weighted by molar-refractivity contribution is 6.22. The standard InChI is InChI=1S/C20H18N2O8/c21-18(28)8-1-2-10(23)13-9(8)4-6-3-7-5-11(24)14(19(22)29)17(27)20(7,30)16(26)12(6)15(13)25/h1-2,6-7,23,25,27,30H,3-5H2,(H2,21,28)(H2,22,29)/t6-,7+,20+/m1/s1. The van der Waals surface area contributed by atoms with Crippen LogP contribution in [0.25, 0.3) is 5.76 Å². The molecule has 0 bridgehead atoms. The van der Waals surface area contributed by atoms with Crippen molar-refractivity contribution < 1.29 is 39.6 Å². The van der Waals surface area contributed by atoms with Gasteiger partial charge >= 0.3 is 0 Å². The van der Waals surface area contributed by atoms with Gasteiger partial charge in [0.05, 0.1) is 5.56 Å². The molecule has 1 aromatic rings. The first-order chi connectivity index (χ1) is 14.0. The Balaban J connectivity index is 1.96. The Hall–Kier alpha value is -3.66. The first-order valence-corrected chi connectivity index (χ1v) is 9.12. The molecular weight excluding hydrogens is 396 g/mol. The quantitative estimate of drug-likeness (QED) is 0.348. The number of rotatable bonds is 2. The summed E-state index contributed by atoms with van der Waals surface area (Å²) in [6.45, 7) is 0. The van der Waals surface area contributed by atoms with Crippen LogP contribution in [0.5, 0.6) is 5.75 Å². The summed E-state index contributed by atoms with van der Waals surface area (Å²) in [7, 11) is 0. The molecular formula is C20H18N2O8. The maximum absolute atomic E-state index is 13.3. The predicted octanol–water partition coefficient (Wildman–Crippen LogP) is -0.477. The Morgan fingerprint density at radius 2 is 1.70 bits per heavy atom. The lowest BCUT2D eigenvalue weighted by molar-refractivity contribution is -0.147. The van der Waals surface area contributed by atoms with E-state index in [1.165, 1.54) is 6.07 Å². The maximum atomic E-state index is 13.3. The number of fused-ring (bicyclic) bond motifs is 3. The van der Waals surface area contributed by atoms with Crippen molar-refractivity contribution in [2.24, 2.45) is 23.3 Å². The van der Waals surface area contributed by atoms with E-state index >= 15 is 0 Å². The third kappa shape index (κ3) is 2.34. The molecule has 156 valence electrons. The molecule has 4 rings (SSSR count). The van der Waals surface area contributed by atoms with E-state index in [1.807, 2.05) is 0 Å². The van der Waals surface area contributed by atoms with Crippen LogP contribution in [0.4, 0.5) is 0 Å². The normalized spacial score (nSPS) is 28.0. The molecule has 1 aromatic carbocycles. The number of hydrogen-bond donors (Lipinski definition) is 6. The zero-order valence-corrected chi connectivity index (χ0v) is 15.5. The average molecular weight is 414 g/mol. The predicted molar refractivity (Wildman–Crippen MR) is 99.9 cm³/mol. The van der Waals surface area contributed by atoms with Crippen molar-refractivity contribution in [2.75, 3.05) is 0 Å². The van der Waals surface area contributed by atoms with Gasteiger partial charge in [0, 0.05) is 23.5 Å². The Kier molecular flexibility index (Phi) is 4.04. The van der Waals surface area contributed by atoms with E-state index in [2.05, 4.69) is 0 Å². The summed E-state index contributed by atoms with van der Waals surface area (Å²) >= 11 is 0. The number of aromatic hydroxyl groups is 1. The van der Waals surface area contributed by atoms with E-state index in [0.29, 0.717) is 0 Å². The molecule has 30 heavy (non-hydrogen) atoms. The molecule has 3 aliphatic rings. The third-order valence-electron chi connectivity index (χ3n) is 6.21. The number of carbonyl (C=O) groups excluding carboxylic acids is 4. The maximum Gasteiger partial charge on any atom is 0.255 e. The molecule has 2 amide bonds. The number of Topliss-reactive ketones (excluding diaryl/α,β-unsaturated/α-hetero) is 2. The second kappa shape index (κ2) is 6.17. The second-order valence-corrected chi connectivity index (χ2v) is 7.76. The molecule has 0 spiro atoms. The van der Waals surface area contributed by atoms with Gasteiger partial charge in [-0.05, 0) is 36.5 Å². The van der Waals surface area contributed by atoms with Gasteiger partial charge in [-0.3, -0.25) is 19.2 Å². The molecule has 3 atom stereocenters. The largest absolute Gasteiger partial charge is 0.508 e. The Bertz CT molecular complexity index is 1130. The fourth-order valence-electron chi connectivity index (χ4n) is 4.85. The van der Waals surface area contributed by atoms with Gasteiger partial charge in [0.2, 0.25) is 11.7 Å². The number of amides is 2. The van der Waals surface area contributed by atoms with Crippen molar-refractivity contribution in [3.63, 3.8) is 0 Å². The topological polar surface area (TPSA) is 201 Å². The smallest absolute Gasteiger partial charge is 0.255 e. The number of hydrogen-bond acceptors (Lipinski definition) is 8. The molecule has 0 unspecified atom stereocenters. The molecule has 8 N–H and O–H groups in total. The van der Waals surface area contributed by atoms with Crippen LogP contribution in [0.1, 0.15) is 34.3 Å². The summed E-state index contributed by atoms with van der Waals surface area (Å²) in [5.41, 5.74) is 6.89. The molecule has 10 heteroatoms. The highest BCUT2D eigenvalue weighted by atomic mass is 16.3. The molecule has 0 aromatic heterocycles. The first-order valence-electron chi connectivity index (χ1n) is 9.12. The van der Waals surface area contributed by atoms with Crippen LogP contribution in [0.2, 0.25) is 0 Å². The Morgan fingerprint density at radius 1 is 1.03 bits per heavy atom. The number of aliphatic hydroxyl groups excluding tert-OH is 2. The highest BCUT2D eigenvalue weighted by Gasteiger charge is 2.60. The zero-order valence-electron chi connectivity index (χ0n) is 15.5. The Morgan fingerprint density at radius 3 is 2.30 bits per heavy atom. The van der Waals surface area contributed by atoms with E-state index in [4.69, 9.17) is 11.5 Å². The van der Waals surface area contributed by atoms with Gasteiger partial charge in [0.1, 0.15) is 22.8 Å². The lowest BCUT2D eigenvalue weighted by Gasteiger charge is -2.46. The SMILES string of the molecule is NC(=O)C1=C(O)[C@@]2(O)C(=O)C3=C(O)c4c(O)ccc(C(N)=O)c4C[C@H]3C[C@H]2CC1=O. The molecule has 10 nitrogen and oxygen atoms in total. The summed E-state index contributed by atoms with van der Waals surface area (Å²) in [4.78, 5) is 48.9. The number of benzene rings is 1. The second-order valence-electron chi connectivity index (χ2n) is 7.76. The van der Waals surface area contributed by atoms with Gasteiger partial charge in [-0.1, -0.05) is 0 Å². The monoisotopic (exact) mass is 414 g/mol. The van der Waals surface area contributed by atoms with Gasteiger partial charge in [0.15, 0.2) is 11.4 Å². The van der Waals surface area contributed by atoms with Gasteiger partial charge < -0.3 is 31.9 Å². The van der Waals surface area contributed by atoms with Crippen molar-refractivity contribution in [2.45, 2.75) is 24.9 Å². The van der Waals surface area contributed by atoms with E-state index in [0.717, 1.165) is 6.07 Å². The van der Waals surface area contributed by atoms with Crippen LogP contribution in [0.3, 0.4) is 0 Å². The molecule has 3 aliphatic carbocycles. The van der Waals surface area contributed by atoms with E-state index < -0.39 is 70.1 Å². The van der Waals surface area contributed by atoms with Gasteiger partial charge in [-0.25, -0.2) is 0 Å². The molecule has 1 fully saturated rings. The van der Waals surface area contributed by atoms with Crippen LogP contribution in [-0.4, -0.2) is 49.4 Å². The number of primary amides is 2. The highest BCUT2D eigenvalue weighted by Crippen LogP contribution is 2.52. The zero-order chi connectivity index (χ0) is 22.1. The molecule has 1 saturated carbocycles. The minimum absolute atomic E-state index is 0.0171. The lowest BCUT2D eigenvalue weighted by atomic mass is 9.59. The van der Waals surface area contributed by atoms with Crippen LogP contribution < -0.4 is 11.5 Å². The first kappa shape index (κ1) is 19.6. The summed E-state index contributed by atoms with van der Waals surface area (Å²) in [5, 5.41) is 42.6. The Labute approximate surface area is 169 Å². The van der Waals surface area contributed by atoms with Gasteiger partial charge in [-0.2, -0.15) is 0 Å². The number of aliphatic hydroxyl groups is 3. The van der Waals surface area contributed by atoms with Crippen molar-refractivity contribution in [1.29, 1.82) is 0 Å². The lowest BCUT2D eigenvalue weighted by Crippen LogP contribution is -2.58. The fraction of sp³-hybridized carbons (Fsp3) is 0.300. The van der Waals surface area contributed by atoms with Crippen LogP contribution >= 0.6 is 0 Å². The van der Waals surface area contributed by atoms with Gasteiger partial charge in [0.25, 0.3) is 5.91 Å². The van der Waals surface area contributed by atoms with E-state index in [9.17, 15) is 39.6 Å². The summed E-state index contributed by atoms with van der Waals surface area (Å²) in [5.74, 6) is -7.97. The number of ketones is 2.